The summed E-state index contributed by atoms with van der Waals surface area (Å²) in [6, 6.07) is 0. The molecule has 0 nitrogen and oxygen atoms in total. The Morgan fingerprint density at radius 2 is 2.10 bits per heavy atom. The fraction of sp³-hybridized carbons (Fsp3) is 0.250. The van der Waals surface area contributed by atoms with Gasteiger partial charge in [0.05, 0.1) is 0 Å². The van der Waals surface area contributed by atoms with Crippen LogP contribution in [0.5, 0.6) is 0 Å². The van der Waals surface area contributed by atoms with Crippen LogP contribution in [0.2, 0.25) is 0 Å². The molecule has 0 aromatic heterocycles. The highest BCUT2D eigenvalue weighted by atomic mass is 19.1. The second-order valence-corrected chi connectivity index (χ2v) is 2.40. The Morgan fingerprint density at radius 3 is 2.60 bits per heavy atom. The van der Waals surface area contributed by atoms with Gasteiger partial charge in [-0.3, -0.25) is 0 Å². The first-order chi connectivity index (χ1) is 4.61. The van der Waals surface area contributed by atoms with Gasteiger partial charge in [0.25, 0.3) is 0 Å². The maximum absolute atomic E-state index is 12.5. The molecule has 0 heterocycles. The molecule has 0 bridgehead atoms. The summed E-state index contributed by atoms with van der Waals surface area (Å²) in [4.78, 5) is 0. The van der Waals surface area contributed by atoms with Crippen molar-refractivity contribution in [2.45, 2.75) is 13.3 Å². The van der Waals surface area contributed by atoms with Gasteiger partial charge in [0.2, 0.25) is 0 Å². The van der Waals surface area contributed by atoms with Gasteiger partial charge in [0, 0.05) is 6.08 Å². The minimum atomic E-state index is -0.539. The quantitative estimate of drug-likeness (QED) is 0.487. The van der Waals surface area contributed by atoms with Gasteiger partial charge in [-0.05, 0) is 24.5 Å². The molecule has 0 spiro atoms. The molecule has 0 aromatic rings. The van der Waals surface area contributed by atoms with Crippen LogP contribution >= 0.6 is 0 Å². The van der Waals surface area contributed by atoms with Crippen LogP contribution in [0.4, 0.5) is 8.78 Å². The molecular formula is C8H8F2. The average molecular weight is 142 g/mol. The summed E-state index contributed by atoms with van der Waals surface area (Å²) in [6.07, 6.45) is 1.19. The van der Waals surface area contributed by atoms with E-state index in [2.05, 4.69) is 6.58 Å². The van der Waals surface area contributed by atoms with Crippen LogP contribution in [0, 0.1) is 0 Å². The number of hydrogen-bond acceptors (Lipinski definition) is 0. The Balaban J connectivity index is 2.99. The lowest BCUT2D eigenvalue weighted by Crippen LogP contribution is -1.93. The van der Waals surface area contributed by atoms with Crippen molar-refractivity contribution in [2.24, 2.45) is 0 Å². The van der Waals surface area contributed by atoms with E-state index in [9.17, 15) is 8.78 Å². The number of hydrogen-bond donors (Lipinski definition) is 0. The molecule has 1 aliphatic carbocycles. The maximum Gasteiger partial charge on any atom is 0.129 e. The van der Waals surface area contributed by atoms with Crippen molar-refractivity contribution in [2.75, 3.05) is 0 Å². The zero-order chi connectivity index (χ0) is 7.72. The van der Waals surface area contributed by atoms with Gasteiger partial charge in [-0.1, -0.05) is 6.58 Å². The van der Waals surface area contributed by atoms with E-state index >= 15 is 0 Å². The second kappa shape index (κ2) is 2.37. The lowest BCUT2D eigenvalue weighted by atomic mass is 10.0. The fourth-order valence-electron chi connectivity index (χ4n) is 0.825. The zero-order valence-corrected chi connectivity index (χ0v) is 5.75. The van der Waals surface area contributed by atoms with Crippen LogP contribution in [0.3, 0.4) is 0 Å². The fourth-order valence-corrected chi connectivity index (χ4v) is 0.825. The van der Waals surface area contributed by atoms with E-state index in [0.29, 0.717) is 17.6 Å². The van der Waals surface area contributed by atoms with E-state index < -0.39 is 11.7 Å². The number of allylic oxidation sites excluding steroid dienone is 5. The van der Waals surface area contributed by atoms with E-state index in [4.69, 9.17) is 0 Å². The molecule has 0 saturated heterocycles. The van der Waals surface area contributed by atoms with Gasteiger partial charge in [0.15, 0.2) is 0 Å². The third kappa shape index (κ3) is 1.15. The Morgan fingerprint density at radius 1 is 1.50 bits per heavy atom. The third-order valence-corrected chi connectivity index (χ3v) is 1.48. The highest BCUT2D eigenvalue weighted by Crippen LogP contribution is 2.28. The Kier molecular flexibility index (Phi) is 1.70. The predicted octanol–water partition coefficient (Wildman–Crippen LogP) is 3.04. The first-order valence-electron chi connectivity index (χ1n) is 3.02. The van der Waals surface area contributed by atoms with E-state index in [1.54, 1.807) is 6.92 Å². The topological polar surface area (TPSA) is 0 Å². The van der Waals surface area contributed by atoms with Crippen molar-refractivity contribution in [3.63, 3.8) is 0 Å². The lowest BCUT2D eigenvalue weighted by molar-refractivity contribution is 0.594. The Bertz CT molecular complexity index is 234. The van der Waals surface area contributed by atoms with Crippen LogP contribution in [0.25, 0.3) is 0 Å². The van der Waals surface area contributed by atoms with Gasteiger partial charge in [-0.15, -0.1) is 0 Å². The Hall–Kier alpha value is -0.920. The summed E-state index contributed by atoms with van der Waals surface area (Å²) < 4.78 is 25.0. The zero-order valence-electron chi connectivity index (χ0n) is 5.75. The molecule has 1 rings (SSSR count). The van der Waals surface area contributed by atoms with Crippen molar-refractivity contribution in [3.8, 4) is 0 Å². The second-order valence-electron chi connectivity index (χ2n) is 2.40. The largest absolute Gasteiger partial charge is 0.207 e. The molecule has 0 amide bonds. The molecule has 1 aliphatic rings. The van der Waals surface area contributed by atoms with Gasteiger partial charge >= 0.3 is 0 Å². The average Bonchev–Trinajstić information content (AvgIpc) is 1.84. The number of rotatable bonds is 0. The normalized spacial score (nSPS) is 19.5. The molecule has 0 aromatic carbocycles. The summed E-state index contributed by atoms with van der Waals surface area (Å²) in [5.41, 5.74) is 0.908. The minimum absolute atomic E-state index is 0.314. The van der Waals surface area contributed by atoms with Crippen molar-refractivity contribution >= 4 is 0 Å². The Labute approximate surface area is 58.6 Å². The summed E-state index contributed by atoms with van der Waals surface area (Å²) in [5, 5.41) is 0. The first-order valence-corrected chi connectivity index (χ1v) is 3.02. The molecule has 0 N–H and O–H groups in total. The highest BCUT2D eigenvalue weighted by Gasteiger charge is 2.12. The SMILES string of the molecule is C=C1CC(C)=C(F)C=C1F. The molecule has 0 saturated carbocycles. The van der Waals surface area contributed by atoms with Crippen molar-refractivity contribution in [1.29, 1.82) is 0 Å². The highest BCUT2D eigenvalue weighted by molar-refractivity contribution is 5.39. The number of halogens is 2. The van der Waals surface area contributed by atoms with E-state index in [0.717, 1.165) is 6.08 Å². The maximum atomic E-state index is 12.5. The van der Waals surface area contributed by atoms with Gasteiger partial charge < -0.3 is 0 Å². The van der Waals surface area contributed by atoms with E-state index in [-0.39, 0.29) is 0 Å². The summed E-state index contributed by atoms with van der Waals surface area (Å²) in [7, 11) is 0. The monoisotopic (exact) mass is 142 g/mol. The molecule has 0 unspecified atom stereocenters. The summed E-state index contributed by atoms with van der Waals surface area (Å²) >= 11 is 0. The van der Waals surface area contributed by atoms with Crippen molar-refractivity contribution < 1.29 is 8.78 Å². The van der Waals surface area contributed by atoms with E-state index in [1.165, 1.54) is 0 Å². The molecule has 2 heteroatoms. The third-order valence-electron chi connectivity index (χ3n) is 1.48. The standard InChI is InChI=1S/C8H8F2/c1-5-3-6(2)8(10)4-7(5)9/h4H,1,3H2,2H3. The van der Waals surface area contributed by atoms with Crippen LogP contribution < -0.4 is 0 Å². The van der Waals surface area contributed by atoms with Gasteiger partial charge in [-0.2, -0.15) is 0 Å². The first kappa shape index (κ1) is 7.19. The predicted molar refractivity (Wildman–Crippen MR) is 36.8 cm³/mol. The minimum Gasteiger partial charge on any atom is -0.207 e. The van der Waals surface area contributed by atoms with Crippen molar-refractivity contribution in [1.82, 2.24) is 0 Å². The molecule has 54 valence electrons. The van der Waals surface area contributed by atoms with Gasteiger partial charge in [-0.25, -0.2) is 8.78 Å². The van der Waals surface area contributed by atoms with Gasteiger partial charge in [0.1, 0.15) is 11.7 Å². The molecule has 0 aliphatic heterocycles. The smallest absolute Gasteiger partial charge is 0.129 e. The molecular weight excluding hydrogens is 134 g/mol. The molecule has 0 radical (unpaired) electrons. The van der Waals surface area contributed by atoms with Crippen LogP contribution in [-0.2, 0) is 0 Å². The lowest BCUT2D eigenvalue weighted by Gasteiger charge is -2.09. The molecule has 0 atom stereocenters. The van der Waals surface area contributed by atoms with Crippen LogP contribution in [-0.4, -0.2) is 0 Å². The molecule has 10 heavy (non-hydrogen) atoms. The van der Waals surface area contributed by atoms with Crippen LogP contribution in [0.1, 0.15) is 13.3 Å². The summed E-state index contributed by atoms with van der Waals surface area (Å²) in [6.45, 7) is 5.06. The molecule has 0 fully saturated rings. The summed E-state index contributed by atoms with van der Waals surface area (Å²) in [5.74, 6) is -1.01. The van der Waals surface area contributed by atoms with Crippen molar-refractivity contribution in [3.05, 3.63) is 35.5 Å². The van der Waals surface area contributed by atoms with Crippen LogP contribution in [0.15, 0.2) is 35.5 Å². The van der Waals surface area contributed by atoms with E-state index in [1.807, 2.05) is 0 Å².